The van der Waals surface area contributed by atoms with Crippen molar-refractivity contribution in [3.63, 3.8) is 0 Å². The zero-order valence-corrected chi connectivity index (χ0v) is 12.2. The van der Waals surface area contributed by atoms with E-state index in [4.69, 9.17) is 10.8 Å². The molecule has 1 aromatic heterocycles. The molecular weight excluding hydrogens is 270 g/mol. The Hall–Kier alpha value is -2.39. The highest BCUT2D eigenvalue weighted by Crippen LogP contribution is 2.06. The zero-order valence-electron chi connectivity index (χ0n) is 12.2. The van der Waals surface area contributed by atoms with Crippen molar-refractivity contribution in [1.29, 1.82) is 0 Å². The van der Waals surface area contributed by atoms with Gasteiger partial charge in [0.05, 0.1) is 6.54 Å². The SMILES string of the molecule is CC(C)CN(CC(N)=O)C(=O)c1ccc(C#CCO)cn1. The number of carbonyl (C=O) groups excluding carboxylic acids is 2. The van der Waals surface area contributed by atoms with Gasteiger partial charge in [-0.2, -0.15) is 0 Å². The number of pyridine rings is 1. The molecule has 0 saturated carbocycles. The van der Waals surface area contributed by atoms with Crippen LogP contribution in [0, 0.1) is 17.8 Å². The molecule has 1 rings (SSSR count). The van der Waals surface area contributed by atoms with Gasteiger partial charge in [-0.3, -0.25) is 9.59 Å². The van der Waals surface area contributed by atoms with Crippen LogP contribution >= 0.6 is 0 Å². The highest BCUT2D eigenvalue weighted by molar-refractivity contribution is 5.94. The van der Waals surface area contributed by atoms with Gasteiger partial charge in [0.2, 0.25) is 5.91 Å². The maximum Gasteiger partial charge on any atom is 0.272 e. The average Bonchev–Trinajstić information content (AvgIpc) is 2.43. The Bertz CT molecular complexity index is 556. The summed E-state index contributed by atoms with van der Waals surface area (Å²) in [5, 5.41) is 8.61. The smallest absolute Gasteiger partial charge is 0.272 e. The van der Waals surface area contributed by atoms with Crippen LogP contribution in [0.25, 0.3) is 0 Å². The molecule has 2 amide bonds. The predicted octanol–water partition coefficient (Wildman–Crippen LogP) is 0.00890. The van der Waals surface area contributed by atoms with Crippen molar-refractivity contribution in [2.75, 3.05) is 19.7 Å². The molecule has 0 fully saturated rings. The lowest BCUT2D eigenvalue weighted by atomic mass is 10.2. The van der Waals surface area contributed by atoms with E-state index in [1.54, 1.807) is 6.07 Å². The third-order valence-electron chi connectivity index (χ3n) is 2.51. The number of amides is 2. The van der Waals surface area contributed by atoms with Crippen molar-refractivity contribution in [2.45, 2.75) is 13.8 Å². The van der Waals surface area contributed by atoms with Gasteiger partial charge in [-0.15, -0.1) is 0 Å². The largest absolute Gasteiger partial charge is 0.384 e. The first kappa shape index (κ1) is 16.7. The summed E-state index contributed by atoms with van der Waals surface area (Å²) in [6.07, 6.45) is 1.45. The number of primary amides is 1. The lowest BCUT2D eigenvalue weighted by molar-refractivity contribution is -0.118. The summed E-state index contributed by atoms with van der Waals surface area (Å²) >= 11 is 0. The van der Waals surface area contributed by atoms with E-state index < -0.39 is 5.91 Å². The number of aliphatic hydroxyl groups excluding tert-OH is 1. The number of nitrogens with zero attached hydrogens (tertiary/aromatic N) is 2. The van der Waals surface area contributed by atoms with E-state index in [2.05, 4.69) is 16.8 Å². The zero-order chi connectivity index (χ0) is 15.8. The molecule has 0 bridgehead atoms. The lowest BCUT2D eigenvalue weighted by Gasteiger charge is -2.22. The van der Waals surface area contributed by atoms with Gasteiger partial charge in [0.15, 0.2) is 0 Å². The van der Waals surface area contributed by atoms with E-state index in [0.29, 0.717) is 12.1 Å². The quantitative estimate of drug-likeness (QED) is 0.746. The molecular formula is C15H19N3O3. The van der Waals surface area contributed by atoms with E-state index in [0.717, 1.165) is 0 Å². The highest BCUT2D eigenvalue weighted by Gasteiger charge is 2.19. The Morgan fingerprint density at radius 2 is 2.14 bits per heavy atom. The third-order valence-corrected chi connectivity index (χ3v) is 2.51. The standard InChI is InChI=1S/C15H19N3O3/c1-11(2)9-18(10-14(16)20)15(21)13-6-5-12(8-17-13)4-3-7-19/h5-6,8,11,19H,7,9-10H2,1-2H3,(H2,16,20). The molecule has 0 saturated heterocycles. The summed E-state index contributed by atoms with van der Waals surface area (Å²) in [7, 11) is 0. The molecule has 6 heteroatoms. The van der Waals surface area contributed by atoms with E-state index in [-0.39, 0.29) is 30.7 Å². The molecule has 112 valence electrons. The second-order valence-electron chi connectivity index (χ2n) is 4.94. The summed E-state index contributed by atoms with van der Waals surface area (Å²) in [6.45, 7) is 3.95. The van der Waals surface area contributed by atoms with Gasteiger partial charge >= 0.3 is 0 Å². The fraction of sp³-hybridized carbons (Fsp3) is 0.400. The Labute approximate surface area is 124 Å². The molecule has 0 aliphatic rings. The molecule has 0 aliphatic heterocycles. The summed E-state index contributed by atoms with van der Waals surface area (Å²) < 4.78 is 0. The van der Waals surface area contributed by atoms with Gasteiger partial charge in [0.1, 0.15) is 12.3 Å². The van der Waals surface area contributed by atoms with E-state index in [1.807, 2.05) is 13.8 Å². The Kier molecular flexibility index (Phi) is 6.37. The third kappa shape index (κ3) is 5.63. The van der Waals surface area contributed by atoms with E-state index >= 15 is 0 Å². The highest BCUT2D eigenvalue weighted by atomic mass is 16.2. The van der Waals surface area contributed by atoms with Crippen molar-refractivity contribution < 1.29 is 14.7 Å². The van der Waals surface area contributed by atoms with Gasteiger partial charge in [0, 0.05) is 18.3 Å². The fourth-order valence-corrected chi connectivity index (χ4v) is 1.75. The van der Waals surface area contributed by atoms with Crippen LogP contribution in [0.15, 0.2) is 18.3 Å². The minimum atomic E-state index is -0.561. The van der Waals surface area contributed by atoms with Crippen LogP contribution < -0.4 is 5.73 Å². The molecule has 0 aromatic carbocycles. The van der Waals surface area contributed by atoms with Crippen LogP contribution in [0.4, 0.5) is 0 Å². The maximum absolute atomic E-state index is 12.3. The topological polar surface area (TPSA) is 96.5 Å². The van der Waals surface area contributed by atoms with E-state index in [9.17, 15) is 9.59 Å². The lowest BCUT2D eigenvalue weighted by Crippen LogP contribution is -2.40. The minimum Gasteiger partial charge on any atom is -0.384 e. The van der Waals surface area contributed by atoms with Crippen molar-refractivity contribution >= 4 is 11.8 Å². The van der Waals surface area contributed by atoms with Gasteiger partial charge < -0.3 is 15.7 Å². The Balaban J connectivity index is 2.89. The van der Waals surface area contributed by atoms with Gasteiger partial charge in [-0.1, -0.05) is 25.7 Å². The monoisotopic (exact) mass is 289 g/mol. The second kappa shape index (κ2) is 8.02. The first-order chi connectivity index (χ1) is 9.93. The Morgan fingerprint density at radius 1 is 1.43 bits per heavy atom. The molecule has 0 unspecified atom stereocenters. The minimum absolute atomic E-state index is 0.134. The van der Waals surface area contributed by atoms with Crippen LogP contribution in [0.5, 0.6) is 0 Å². The molecule has 1 heterocycles. The molecule has 1 aromatic rings. The van der Waals surface area contributed by atoms with E-state index in [1.165, 1.54) is 17.2 Å². The normalized spacial score (nSPS) is 9.90. The van der Waals surface area contributed by atoms with Crippen LogP contribution in [0.2, 0.25) is 0 Å². The summed E-state index contributed by atoms with van der Waals surface area (Å²) in [5.74, 6) is 4.50. The van der Waals surface area contributed by atoms with Gasteiger partial charge in [-0.05, 0) is 18.1 Å². The first-order valence-corrected chi connectivity index (χ1v) is 6.57. The number of nitrogens with two attached hydrogens (primary N) is 1. The number of aliphatic hydroxyl groups is 1. The molecule has 21 heavy (non-hydrogen) atoms. The number of aromatic nitrogens is 1. The average molecular weight is 289 g/mol. The predicted molar refractivity (Wildman–Crippen MR) is 78.1 cm³/mol. The maximum atomic E-state index is 12.3. The van der Waals surface area contributed by atoms with Crippen molar-refractivity contribution in [3.05, 3.63) is 29.6 Å². The molecule has 0 radical (unpaired) electrons. The molecule has 0 atom stereocenters. The van der Waals surface area contributed by atoms with Crippen LogP contribution in [0.3, 0.4) is 0 Å². The number of hydrogen-bond donors (Lipinski definition) is 2. The molecule has 6 nitrogen and oxygen atoms in total. The van der Waals surface area contributed by atoms with Gasteiger partial charge in [-0.25, -0.2) is 4.98 Å². The van der Waals surface area contributed by atoms with Crippen LogP contribution in [-0.4, -0.2) is 46.5 Å². The molecule has 0 spiro atoms. The van der Waals surface area contributed by atoms with Crippen LogP contribution in [-0.2, 0) is 4.79 Å². The Morgan fingerprint density at radius 3 is 2.62 bits per heavy atom. The number of hydrogen-bond acceptors (Lipinski definition) is 4. The first-order valence-electron chi connectivity index (χ1n) is 6.57. The summed E-state index contributed by atoms with van der Waals surface area (Å²) in [4.78, 5) is 28.8. The summed E-state index contributed by atoms with van der Waals surface area (Å²) in [6, 6.07) is 3.18. The summed E-state index contributed by atoms with van der Waals surface area (Å²) in [5.41, 5.74) is 6.00. The van der Waals surface area contributed by atoms with Crippen molar-refractivity contribution in [3.8, 4) is 11.8 Å². The molecule has 0 aliphatic carbocycles. The van der Waals surface area contributed by atoms with Gasteiger partial charge in [0.25, 0.3) is 5.91 Å². The van der Waals surface area contributed by atoms with Crippen molar-refractivity contribution in [2.24, 2.45) is 11.7 Å². The van der Waals surface area contributed by atoms with Crippen molar-refractivity contribution in [1.82, 2.24) is 9.88 Å². The fourth-order valence-electron chi connectivity index (χ4n) is 1.75. The molecule has 3 N–H and O–H groups in total. The second-order valence-corrected chi connectivity index (χ2v) is 4.94. The number of rotatable bonds is 5. The number of carbonyl (C=O) groups is 2. The van der Waals surface area contributed by atoms with Crippen LogP contribution in [0.1, 0.15) is 29.9 Å².